The van der Waals surface area contributed by atoms with Crippen LogP contribution in [0, 0.1) is 0 Å². The molecule has 7 heteroatoms. The number of furan rings is 1. The molecular formula is C22H22N2O5. The van der Waals surface area contributed by atoms with Crippen molar-refractivity contribution in [2.24, 2.45) is 0 Å². The Labute approximate surface area is 168 Å². The number of methoxy groups -OCH3 is 1. The molecule has 3 aromatic rings. The molecule has 1 aromatic heterocycles. The molecule has 150 valence electrons. The van der Waals surface area contributed by atoms with Crippen LogP contribution < -0.4 is 20.1 Å². The van der Waals surface area contributed by atoms with Gasteiger partial charge in [-0.15, -0.1) is 0 Å². The van der Waals surface area contributed by atoms with E-state index in [0.29, 0.717) is 35.9 Å². The van der Waals surface area contributed by atoms with E-state index in [1.54, 1.807) is 43.5 Å². The fraction of sp³-hybridized carbons (Fsp3) is 0.182. The molecule has 29 heavy (non-hydrogen) atoms. The van der Waals surface area contributed by atoms with Gasteiger partial charge in [0.2, 0.25) is 0 Å². The Bertz CT molecular complexity index is 965. The highest BCUT2D eigenvalue weighted by Gasteiger charge is 2.11. The maximum atomic E-state index is 12.4. The summed E-state index contributed by atoms with van der Waals surface area (Å²) in [6, 6.07) is 15.4. The second-order valence-corrected chi connectivity index (χ2v) is 6.11. The quantitative estimate of drug-likeness (QED) is 0.605. The first kappa shape index (κ1) is 20.0. The van der Waals surface area contributed by atoms with Gasteiger partial charge in [-0.2, -0.15) is 0 Å². The fourth-order valence-electron chi connectivity index (χ4n) is 2.69. The van der Waals surface area contributed by atoms with Crippen LogP contribution in [-0.2, 0) is 6.54 Å². The van der Waals surface area contributed by atoms with Crippen molar-refractivity contribution in [1.82, 2.24) is 5.32 Å². The summed E-state index contributed by atoms with van der Waals surface area (Å²) in [6.45, 7) is 2.80. The van der Waals surface area contributed by atoms with E-state index in [9.17, 15) is 9.59 Å². The Balaban J connectivity index is 1.57. The lowest BCUT2D eigenvalue weighted by Crippen LogP contribution is -2.22. The van der Waals surface area contributed by atoms with Gasteiger partial charge in [0.1, 0.15) is 0 Å². The van der Waals surface area contributed by atoms with E-state index in [2.05, 4.69) is 10.6 Å². The standard InChI is InChI=1S/C22H22N2O5/c1-3-28-18-11-6-15(13-20(18)27-2)14-23-21(25)16-7-9-17(10-8-16)24-22(26)19-5-4-12-29-19/h4-13H,3,14H2,1-2H3,(H,23,25)(H,24,26). The fourth-order valence-corrected chi connectivity index (χ4v) is 2.69. The minimum absolute atomic E-state index is 0.220. The van der Waals surface area contributed by atoms with Gasteiger partial charge in [0.05, 0.1) is 20.0 Å². The van der Waals surface area contributed by atoms with Gasteiger partial charge in [0.15, 0.2) is 17.3 Å². The molecule has 0 radical (unpaired) electrons. The Morgan fingerprint density at radius 1 is 1.00 bits per heavy atom. The third kappa shape index (κ3) is 5.16. The number of carbonyl (C=O) groups excluding carboxylic acids is 2. The minimum Gasteiger partial charge on any atom is -0.493 e. The van der Waals surface area contributed by atoms with E-state index in [-0.39, 0.29) is 17.6 Å². The molecule has 0 aliphatic heterocycles. The van der Waals surface area contributed by atoms with Crippen molar-refractivity contribution >= 4 is 17.5 Å². The number of ether oxygens (including phenoxy) is 2. The molecule has 2 amide bonds. The number of carbonyl (C=O) groups is 2. The number of amides is 2. The monoisotopic (exact) mass is 394 g/mol. The average molecular weight is 394 g/mol. The lowest BCUT2D eigenvalue weighted by atomic mass is 10.1. The van der Waals surface area contributed by atoms with Crippen LogP contribution in [0.4, 0.5) is 5.69 Å². The number of nitrogens with one attached hydrogen (secondary N) is 2. The second-order valence-electron chi connectivity index (χ2n) is 6.11. The van der Waals surface area contributed by atoms with Gasteiger partial charge < -0.3 is 24.5 Å². The Kier molecular flexibility index (Phi) is 6.52. The summed E-state index contributed by atoms with van der Waals surface area (Å²) in [7, 11) is 1.58. The molecular weight excluding hydrogens is 372 g/mol. The van der Waals surface area contributed by atoms with Crippen LogP contribution in [0.25, 0.3) is 0 Å². The zero-order valence-corrected chi connectivity index (χ0v) is 16.2. The molecule has 2 N–H and O–H groups in total. The van der Waals surface area contributed by atoms with E-state index in [4.69, 9.17) is 13.9 Å². The predicted octanol–water partition coefficient (Wildman–Crippen LogP) is 3.87. The maximum Gasteiger partial charge on any atom is 0.291 e. The summed E-state index contributed by atoms with van der Waals surface area (Å²) >= 11 is 0. The van der Waals surface area contributed by atoms with Gasteiger partial charge in [0.25, 0.3) is 11.8 Å². The van der Waals surface area contributed by atoms with E-state index in [0.717, 1.165) is 5.56 Å². The second kappa shape index (κ2) is 9.45. The van der Waals surface area contributed by atoms with Crippen LogP contribution in [0.2, 0.25) is 0 Å². The van der Waals surface area contributed by atoms with Gasteiger partial charge in [-0.3, -0.25) is 9.59 Å². The van der Waals surface area contributed by atoms with Crippen molar-refractivity contribution in [3.8, 4) is 11.5 Å². The highest BCUT2D eigenvalue weighted by molar-refractivity contribution is 6.02. The smallest absolute Gasteiger partial charge is 0.291 e. The molecule has 0 fully saturated rings. The van der Waals surface area contributed by atoms with Gasteiger partial charge in [0, 0.05) is 17.8 Å². The predicted molar refractivity (Wildman–Crippen MR) is 108 cm³/mol. The third-order valence-electron chi connectivity index (χ3n) is 4.13. The number of hydrogen-bond acceptors (Lipinski definition) is 5. The van der Waals surface area contributed by atoms with Gasteiger partial charge in [-0.25, -0.2) is 0 Å². The van der Waals surface area contributed by atoms with Crippen LogP contribution >= 0.6 is 0 Å². The zero-order chi connectivity index (χ0) is 20.6. The summed E-state index contributed by atoms with van der Waals surface area (Å²) in [4.78, 5) is 24.4. The summed E-state index contributed by atoms with van der Waals surface area (Å²) < 4.78 is 15.9. The summed E-state index contributed by atoms with van der Waals surface area (Å²) in [5.41, 5.74) is 1.94. The van der Waals surface area contributed by atoms with Crippen LogP contribution in [-0.4, -0.2) is 25.5 Å². The lowest BCUT2D eigenvalue weighted by molar-refractivity contribution is 0.0950. The Morgan fingerprint density at radius 3 is 2.45 bits per heavy atom. The normalized spacial score (nSPS) is 10.3. The summed E-state index contributed by atoms with van der Waals surface area (Å²) in [6.07, 6.45) is 1.43. The Morgan fingerprint density at radius 2 is 1.79 bits per heavy atom. The van der Waals surface area contributed by atoms with E-state index >= 15 is 0 Å². The molecule has 0 unspecified atom stereocenters. The van der Waals surface area contributed by atoms with Gasteiger partial charge in [-0.1, -0.05) is 6.07 Å². The Hall–Kier alpha value is -3.74. The molecule has 0 saturated carbocycles. The molecule has 0 aliphatic rings. The largest absolute Gasteiger partial charge is 0.493 e. The first-order chi connectivity index (χ1) is 14.1. The van der Waals surface area contributed by atoms with Crippen LogP contribution in [0.15, 0.2) is 65.3 Å². The van der Waals surface area contributed by atoms with Gasteiger partial charge in [-0.05, 0) is 61.0 Å². The molecule has 0 saturated heterocycles. The van der Waals surface area contributed by atoms with E-state index < -0.39 is 0 Å². The lowest BCUT2D eigenvalue weighted by Gasteiger charge is -2.12. The van der Waals surface area contributed by atoms with Crippen LogP contribution in [0.3, 0.4) is 0 Å². The van der Waals surface area contributed by atoms with Crippen molar-refractivity contribution in [3.63, 3.8) is 0 Å². The van der Waals surface area contributed by atoms with Crippen LogP contribution in [0.1, 0.15) is 33.4 Å². The average Bonchev–Trinajstić information content (AvgIpc) is 3.28. The topological polar surface area (TPSA) is 89.8 Å². The first-order valence-corrected chi connectivity index (χ1v) is 9.13. The van der Waals surface area contributed by atoms with E-state index in [1.165, 1.54) is 6.26 Å². The third-order valence-corrected chi connectivity index (χ3v) is 4.13. The molecule has 0 aliphatic carbocycles. The minimum atomic E-state index is -0.350. The number of rotatable bonds is 8. The van der Waals surface area contributed by atoms with Crippen molar-refractivity contribution in [2.75, 3.05) is 19.0 Å². The molecule has 3 rings (SSSR count). The molecule has 0 spiro atoms. The molecule has 2 aromatic carbocycles. The zero-order valence-electron chi connectivity index (χ0n) is 16.2. The SMILES string of the molecule is CCOc1ccc(CNC(=O)c2ccc(NC(=O)c3ccco3)cc2)cc1OC. The van der Waals surface area contributed by atoms with Crippen molar-refractivity contribution in [1.29, 1.82) is 0 Å². The molecule has 0 bridgehead atoms. The highest BCUT2D eigenvalue weighted by Crippen LogP contribution is 2.28. The first-order valence-electron chi connectivity index (χ1n) is 9.13. The van der Waals surface area contributed by atoms with Gasteiger partial charge >= 0.3 is 0 Å². The maximum absolute atomic E-state index is 12.4. The molecule has 1 heterocycles. The summed E-state index contributed by atoms with van der Waals surface area (Å²) in [5.74, 6) is 0.934. The van der Waals surface area contributed by atoms with Crippen molar-refractivity contribution < 1.29 is 23.5 Å². The summed E-state index contributed by atoms with van der Waals surface area (Å²) in [5, 5.41) is 5.57. The van der Waals surface area contributed by atoms with Crippen molar-refractivity contribution in [2.45, 2.75) is 13.5 Å². The number of hydrogen-bond donors (Lipinski definition) is 2. The van der Waals surface area contributed by atoms with Crippen molar-refractivity contribution in [3.05, 3.63) is 77.7 Å². The molecule has 7 nitrogen and oxygen atoms in total. The number of anilines is 1. The van der Waals surface area contributed by atoms with Crippen LogP contribution in [0.5, 0.6) is 11.5 Å². The highest BCUT2D eigenvalue weighted by atomic mass is 16.5. The number of benzene rings is 2. The molecule has 0 atom stereocenters. The van der Waals surface area contributed by atoms with E-state index in [1.807, 2.05) is 25.1 Å².